The zero-order valence-corrected chi connectivity index (χ0v) is 19.1. The highest BCUT2D eigenvalue weighted by Gasteiger charge is 2.25. The minimum atomic E-state index is -0.781. The van der Waals surface area contributed by atoms with E-state index in [0.717, 1.165) is 16.6 Å². The lowest BCUT2D eigenvalue weighted by Crippen LogP contribution is -2.41. The summed E-state index contributed by atoms with van der Waals surface area (Å²) in [6.07, 6.45) is 1.57. The monoisotopic (exact) mass is 458 g/mol. The van der Waals surface area contributed by atoms with E-state index in [-0.39, 0.29) is 6.61 Å². The van der Waals surface area contributed by atoms with E-state index in [1.807, 2.05) is 30.0 Å². The van der Waals surface area contributed by atoms with Crippen molar-refractivity contribution in [2.45, 2.75) is 17.7 Å². The van der Waals surface area contributed by atoms with Gasteiger partial charge in [-0.3, -0.25) is 0 Å². The molecule has 0 bridgehead atoms. The minimum Gasteiger partial charge on any atom is -0.616 e. The number of hydrogen-bond donors (Lipinski definition) is 1. The van der Waals surface area contributed by atoms with Crippen LogP contribution in [0.2, 0.25) is 0 Å². The molecular formula is C21H26N6O2S2. The maximum Gasteiger partial charge on any atom is 0.228 e. The molecule has 4 rings (SSSR count). The molecule has 1 aliphatic rings. The van der Waals surface area contributed by atoms with Gasteiger partial charge < -0.3 is 19.5 Å². The lowest BCUT2D eigenvalue weighted by molar-refractivity contribution is 0.302. The molecule has 0 spiro atoms. The molecule has 2 aromatic heterocycles. The van der Waals surface area contributed by atoms with Crippen LogP contribution >= 0.6 is 11.8 Å². The topological polar surface area (TPSA) is 101 Å². The first kappa shape index (κ1) is 22.1. The molecule has 0 aliphatic carbocycles. The second-order valence-corrected chi connectivity index (χ2v) is 9.80. The van der Waals surface area contributed by atoms with E-state index < -0.39 is 11.2 Å². The van der Waals surface area contributed by atoms with E-state index in [2.05, 4.69) is 27.0 Å². The number of thioether (sulfide) groups is 1. The molecule has 0 atom stereocenters. The van der Waals surface area contributed by atoms with E-state index in [0.29, 0.717) is 54.7 Å². The molecule has 0 amide bonds. The van der Waals surface area contributed by atoms with Crippen molar-refractivity contribution in [1.29, 1.82) is 0 Å². The number of benzene rings is 1. The first-order valence-electron chi connectivity index (χ1n) is 10.3. The van der Waals surface area contributed by atoms with Crippen LogP contribution in [0.15, 0.2) is 41.7 Å². The summed E-state index contributed by atoms with van der Waals surface area (Å²) < 4.78 is 11.9. The number of aliphatic hydroxyl groups excluding tert-OH is 1. The number of hydrogen-bond acceptors (Lipinski definition) is 9. The van der Waals surface area contributed by atoms with Gasteiger partial charge in [0.25, 0.3) is 0 Å². The van der Waals surface area contributed by atoms with E-state index in [1.54, 1.807) is 18.1 Å². The summed E-state index contributed by atoms with van der Waals surface area (Å²) in [5.41, 5.74) is 2.64. The summed E-state index contributed by atoms with van der Waals surface area (Å²) in [4.78, 5) is 22.8. The van der Waals surface area contributed by atoms with Crippen molar-refractivity contribution in [2.24, 2.45) is 0 Å². The molecule has 1 fully saturated rings. The largest absolute Gasteiger partial charge is 0.616 e. The highest BCUT2D eigenvalue weighted by molar-refractivity contribution is 7.98. The molecule has 0 saturated carbocycles. The average molecular weight is 459 g/mol. The Morgan fingerprint density at radius 1 is 1.13 bits per heavy atom. The maximum atomic E-state index is 11.9. The fraction of sp³-hybridized carbons (Fsp3) is 0.429. The zero-order chi connectivity index (χ0) is 21.6. The fourth-order valence-corrected chi connectivity index (χ4v) is 5.41. The molecule has 8 nitrogen and oxygen atoms in total. The molecule has 1 aromatic carbocycles. The number of rotatable bonds is 8. The lowest BCUT2D eigenvalue weighted by atomic mass is 10.2. The van der Waals surface area contributed by atoms with Crippen LogP contribution in [-0.4, -0.2) is 73.9 Å². The van der Waals surface area contributed by atoms with E-state index in [4.69, 9.17) is 9.97 Å². The highest BCUT2D eigenvalue weighted by Crippen LogP contribution is 2.32. The third kappa shape index (κ3) is 5.20. The Balaban J connectivity index is 1.75. The summed E-state index contributed by atoms with van der Waals surface area (Å²) in [6, 6.07) is 10.2. The van der Waals surface area contributed by atoms with Crippen LogP contribution in [0.4, 0.5) is 11.8 Å². The minimum absolute atomic E-state index is 0.0220. The summed E-state index contributed by atoms with van der Waals surface area (Å²) in [5, 5.41) is 10.3. The molecule has 3 heterocycles. The van der Waals surface area contributed by atoms with Crippen LogP contribution in [0.5, 0.6) is 0 Å². The first-order valence-corrected chi connectivity index (χ1v) is 12.8. The molecule has 164 valence electrons. The van der Waals surface area contributed by atoms with Gasteiger partial charge in [-0.1, -0.05) is 53.3 Å². The summed E-state index contributed by atoms with van der Waals surface area (Å²) >= 11 is 0.842. The van der Waals surface area contributed by atoms with Gasteiger partial charge >= 0.3 is 0 Å². The molecule has 0 radical (unpaired) electrons. The van der Waals surface area contributed by atoms with Crippen LogP contribution in [-0.2, 0) is 16.9 Å². The Morgan fingerprint density at radius 3 is 2.61 bits per heavy atom. The van der Waals surface area contributed by atoms with Crippen molar-refractivity contribution >= 4 is 45.7 Å². The molecule has 10 heteroatoms. The Hall–Kier alpha value is -2.14. The number of aromatic nitrogens is 4. The van der Waals surface area contributed by atoms with Crippen LogP contribution in [0.1, 0.15) is 12.5 Å². The van der Waals surface area contributed by atoms with Gasteiger partial charge in [-0.2, -0.15) is 4.98 Å². The van der Waals surface area contributed by atoms with E-state index in [1.165, 1.54) is 5.56 Å². The van der Waals surface area contributed by atoms with Crippen molar-refractivity contribution in [2.75, 3.05) is 54.1 Å². The van der Waals surface area contributed by atoms with Crippen LogP contribution in [0, 0.1) is 0 Å². The quantitative estimate of drug-likeness (QED) is 0.309. The van der Waals surface area contributed by atoms with Crippen molar-refractivity contribution in [3.63, 3.8) is 0 Å². The Kier molecular flexibility index (Phi) is 7.44. The van der Waals surface area contributed by atoms with Crippen molar-refractivity contribution < 1.29 is 9.66 Å². The predicted octanol–water partition coefficient (Wildman–Crippen LogP) is 2.10. The van der Waals surface area contributed by atoms with Crippen molar-refractivity contribution in [3.8, 4) is 0 Å². The third-order valence-corrected chi connectivity index (χ3v) is 7.47. The highest BCUT2D eigenvalue weighted by atomic mass is 32.2. The molecule has 1 aliphatic heterocycles. The Morgan fingerprint density at radius 2 is 1.90 bits per heavy atom. The Labute approximate surface area is 189 Å². The number of aliphatic hydroxyl groups is 1. The number of nitrogens with zero attached hydrogens (tertiary/aromatic N) is 6. The van der Waals surface area contributed by atoms with Gasteiger partial charge in [-0.05, 0) is 12.5 Å². The predicted molar refractivity (Wildman–Crippen MR) is 126 cm³/mol. The van der Waals surface area contributed by atoms with Gasteiger partial charge in [0, 0.05) is 18.8 Å². The Bertz CT molecular complexity index is 1000. The molecule has 0 unspecified atom stereocenters. The van der Waals surface area contributed by atoms with Gasteiger partial charge in [0.05, 0.1) is 19.7 Å². The SMILES string of the molecule is CCN(CCO)c1nc(N2CC[S+]([O-])CC2)c2ncnc(SCc3ccccc3)c2n1. The van der Waals surface area contributed by atoms with Gasteiger partial charge in [-0.15, -0.1) is 0 Å². The van der Waals surface area contributed by atoms with Crippen LogP contribution in [0.3, 0.4) is 0 Å². The number of likely N-dealkylation sites (N-methyl/N-ethyl adjacent to an activating group) is 1. The second-order valence-electron chi connectivity index (χ2n) is 7.14. The van der Waals surface area contributed by atoms with Crippen LogP contribution in [0.25, 0.3) is 11.0 Å². The molecule has 31 heavy (non-hydrogen) atoms. The van der Waals surface area contributed by atoms with Gasteiger partial charge in [0.2, 0.25) is 5.95 Å². The average Bonchev–Trinajstić information content (AvgIpc) is 2.81. The maximum absolute atomic E-state index is 11.9. The number of anilines is 2. The van der Waals surface area contributed by atoms with E-state index >= 15 is 0 Å². The summed E-state index contributed by atoms with van der Waals surface area (Å²) in [6.45, 7) is 4.50. The first-order chi connectivity index (χ1) is 15.2. The second kappa shape index (κ2) is 10.4. The van der Waals surface area contributed by atoms with Gasteiger partial charge in [-0.25, -0.2) is 15.0 Å². The summed E-state index contributed by atoms with van der Waals surface area (Å²) in [7, 11) is 0. The molecule has 1 saturated heterocycles. The van der Waals surface area contributed by atoms with Crippen molar-refractivity contribution in [3.05, 3.63) is 42.2 Å². The van der Waals surface area contributed by atoms with Gasteiger partial charge in [0.15, 0.2) is 5.82 Å². The van der Waals surface area contributed by atoms with Gasteiger partial charge in [0.1, 0.15) is 33.9 Å². The fourth-order valence-electron chi connectivity index (χ4n) is 3.46. The van der Waals surface area contributed by atoms with Crippen molar-refractivity contribution in [1.82, 2.24) is 19.9 Å². The van der Waals surface area contributed by atoms with E-state index in [9.17, 15) is 9.66 Å². The normalized spacial score (nSPS) is 14.9. The molecule has 1 N–H and O–H groups in total. The lowest BCUT2D eigenvalue weighted by Gasteiger charge is -2.30. The third-order valence-electron chi connectivity index (χ3n) is 5.15. The van der Waals surface area contributed by atoms with Crippen LogP contribution < -0.4 is 9.80 Å². The summed E-state index contributed by atoms with van der Waals surface area (Å²) in [5.74, 6) is 3.32. The molecular weight excluding hydrogens is 432 g/mol. The standard InChI is InChI=1S/C21H26N6O2S2/c1-2-26(8-11-28)21-24-18-17(19(25-21)27-9-12-31(29)13-10-27)22-15-23-20(18)30-14-16-6-4-3-5-7-16/h3-7,15,28H,2,8-14H2,1H3. The zero-order valence-electron chi connectivity index (χ0n) is 17.5. The molecule has 3 aromatic rings. The smallest absolute Gasteiger partial charge is 0.228 e. The number of fused-ring (bicyclic) bond motifs is 1.